The summed E-state index contributed by atoms with van der Waals surface area (Å²) in [5.74, 6) is 0. The summed E-state index contributed by atoms with van der Waals surface area (Å²) >= 11 is 1.92. The smallest absolute Gasteiger partial charge is 0.252 e. The van der Waals surface area contributed by atoms with Crippen molar-refractivity contribution in [2.75, 3.05) is 14.7 Å². The third kappa shape index (κ3) is 6.11. The molecule has 14 rings (SSSR count). The fourth-order valence-corrected chi connectivity index (χ4v) is 19.0. The largest absolute Gasteiger partial charge is 0.334 e. The topological polar surface area (TPSA) is 9.72 Å². The van der Waals surface area contributed by atoms with Crippen LogP contribution in [0.5, 0.6) is 0 Å². The molecule has 0 saturated heterocycles. The lowest BCUT2D eigenvalue weighted by atomic mass is 9.33. The highest BCUT2D eigenvalue weighted by Crippen LogP contribution is 2.62. The summed E-state index contributed by atoms with van der Waals surface area (Å²) in [4.78, 5) is 8.22. The summed E-state index contributed by atoms with van der Waals surface area (Å²) in [6.07, 6.45) is 7.20. The first kappa shape index (κ1) is 46.0. The molecule has 1 fully saturated rings. The Morgan fingerprint density at radius 1 is 0.466 bits per heavy atom. The van der Waals surface area contributed by atoms with Crippen molar-refractivity contribution >= 4 is 113 Å². The minimum Gasteiger partial charge on any atom is -0.334 e. The maximum absolute atomic E-state index is 2.82. The highest BCUT2D eigenvalue weighted by molar-refractivity contribution is 7.26. The number of nitrogens with zero attached hydrogens (tertiary/aromatic N) is 3. The van der Waals surface area contributed by atoms with Crippen LogP contribution in [0.1, 0.15) is 136 Å². The number of hydrogen-bond acceptors (Lipinski definition) is 4. The Morgan fingerprint density at radius 2 is 1.08 bits per heavy atom. The maximum atomic E-state index is 2.82. The molecule has 3 aliphatic carbocycles. The molecule has 73 heavy (non-hydrogen) atoms. The van der Waals surface area contributed by atoms with Crippen molar-refractivity contribution in [3.63, 3.8) is 0 Å². The quantitative estimate of drug-likeness (QED) is 0.163. The number of rotatable bonds is 4. The predicted octanol–water partition coefficient (Wildman–Crippen LogP) is 16.3. The van der Waals surface area contributed by atoms with E-state index in [0.717, 1.165) is 12.8 Å². The summed E-state index contributed by atoms with van der Waals surface area (Å²) in [6, 6.07) is 51.7. The van der Waals surface area contributed by atoms with Gasteiger partial charge in [0, 0.05) is 65.4 Å². The van der Waals surface area contributed by atoms with Crippen LogP contribution < -0.4 is 36.3 Å². The Morgan fingerprint density at radius 3 is 1.84 bits per heavy atom. The highest BCUT2D eigenvalue weighted by atomic mass is 32.1. The zero-order chi connectivity index (χ0) is 50.7. The van der Waals surface area contributed by atoms with E-state index in [2.05, 4.69) is 231 Å². The Kier molecular flexibility index (Phi) is 9.22. The number of fused-ring (bicyclic) bond motifs is 12. The molecule has 1 aromatic heterocycles. The zero-order valence-electron chi connectivity index (χ0n) is 45.7. The van der Waals surface area contributed by atoms with Gasteiger partial charge in [0.15, 0.2) is 0 Å². The van der Waals surface area contributed by atoms with Crippen molar-refractivity contribution < 1.29 is 0 Å². The van der Waals surface area contributed by atoms with Gasteiger partial charge in [-0.05, 0) is 165 Å². The van der Waals surface area contributed by atoms with Crippen molar-refractivity contribution in [1.29, 1.82) is 0 Å². The van der Waals surface area contributed by atoms with Crippen molar-refractivity contribution in [3.8, 4) is 0 Å². The van der Waals surface area contributed by atoms with Gasteiger partial charge in [0.2, 0.25) is 0 Å². The summed E-state index contributed by atoms with van der Waals surface area (Å²) < 4.78 is 2.67. The normalized spacial score (nSPS) is 23.2. The lowest BCUT2D eigenvalue weighted by Gasteiger charge is -2.50. The van der Waals surface area contributed by atoms with E-state index < -0.39 is 8.07 Å². The van der Waals surface area contributed by atoms with Crippen molar-refractivity contribution in [2.24, 2.45) is 0 Å². The summed E-state index contributed by atoms with van der Waals surface area (Å²) in [5.41, 5.74) is 22.5. The Balaban J connectivity index is 1.07. The molecule has 368 valence electrons. The Labute approximate surface area is 440 Å². The molecule has 0 N–H and O–H groups in total. The molecule has 6 aliphatic rings. The van der Waals surface area contributed by atoms with Crippen molar-refractivity contribution in [2.45, 2.75) is 160 Å². The van der Waals surface area contributed by atoms with Crippen LogP contribution in [0, 0.1) is 0 Å². The van der Waals surface area contributed by atoms with Crippen LogP contribution in [0.4, 0.5) is 45.5 Å². The molecule has 8 aromatic rings. The zero-order valence-corrected chi connectivity index (χ0v) is 47.5. The number of thiophene rings is 1. The first-order valence-corrected chi connectivity index (χ1v) is 31.9. The minimum atomic E-state index is -1.56. The van der Waals surface area contributed by atoms with E-state index in [9.17, 15) is 0 Å². The average Bonchev–Trinajstić information content (AvgIpc) is 3.95. The van der Waals surface area contributed by atoms with E-state index in [4.69, 9.17) is 0 Å². The van der Waals surface area contributed by atoms with Gasteiger partial charge in [-0.3, -0.25) is 0 Å². The fraction of sp³-hybridized carbons (Fsp3) is 0.373. The van der Waals surface area contributed by atoms with Crippen LogP contribution in [-0.4, -0.2) is 20.3 Å². The van der Waals surface area contributed by atoms with Gasteiger partial charge in [0.1, 0.15) is 0 Å². The molecular formula is C67H72BN3SSi. The van der Waals surface area contributed by atoms with E-state index in [1.54, 1.807) is 10.8 Å². The van der Waals surface area contributed by atoms with Crippen LogP contribution in [0.25, 0.3) is 20.2 Å². The molecule has 0 amide bonds. The second kappa shape index (κ2) is 14.6. The third-order valence-electron chi connectivity index (χ3n) is 19.9. The van der Waals surface area contributed by atoms with Gasteiger partial charge in [0.25, 0.3) is 6.71 Å². The summed E-state index contributed by atoms with van der Waals surface area (Å²) in [7, 11) is -1.56. The molecule has 7 aromatic carbocycles. The lowest BCUT2D eigenvalue weighted by Crippen LogP contribution is -2.61. The second-order valence-corrected chi connectivity index (χ2v) is 33.7. The molecule has 0 spiro atoms. The van der Waals surface area contributed by atoms with E-state index in [1.807, 2.05) is 11.3 Å². The molecule has 2 atom stereocenters. The minimum absolute atomic E-state index is 0.0338. The van der Waals surface area contributed by atoms with E-state index >= 15 is 0 Å². The van der Waals surface area contributed by atoms with Crippen LogP contribution in [-0.2, 0) is 27.1 Å². The Hall–Kier alpha value is -5.56. The Bertz CT molecular complexity index is 3720. The van der Waals surface area contributed by atoms with Gasteiger partial charge >= 0.3 is 0 Å². The number of hydrogen-bond donors (Lipinski definition) is 0. The molecule has 3 nitrogen and oxygen atoms in total. The molecule has 6 heteroatoms. The predicted molar refractivity (Wildman–Crippen MR) is 320 cm³/mol. The van der Waals surface area contributed by atoms with Crippen LogP contribution in [0.3, 0.4) is 0 Å². The van der Waals surface area contributed by atoms with Crippen molar-refractivity contribution in [3.05, 3.63) is 155 Å². The van der Waals surface area contributed by atoms with Crippen LogP contribution >= 0.6 is 11.3 Å². The summed E-state index contributed by atoms with van der Waals surface area (Å²) in [6.45, 7) is 32.5. The molecule has 3 aliphatic heterocycles. The number of benzene rings is 7. The maximum Gasteiger partial charge on any atom is 0.252 e. The van der Waals surface area contributed by atoms with Gasteiger partial charge in [0.05, 0.1) is 19.3 Å². The van der Waals surface area contributed by atoms with E-state index in [1.165, 1.54) is 130 Å². The first-order chi connectivity index (χ1) is 34.5. The molecule has 0 bridgehead atoms. The molecule has 2 unspecified atom stereocenters. The fourth-order valence-electron chi connectivity index (χ4n) is 16.7. The van der Waals surface area contributed by atoms with Gasteiger partial charge in [-0.15, -0.1) is 11.3 Å². The van der Waals surface area contributed by atoms with E-state index in [-0.39, 0.29) is 39.3 Å². The number of anilines is 8. The molecular weight excluding hydrogens is 918 g/mol. The average molecular weight is 990 g/mol. The molecule has 1 saturated carbocycles. The van der Waals surface area contributed by atoms with Gasteiger partial charge in [-0.1, -0.05) is 161 Å². The van der Waals surface area contributed by atoms with E-state index in [0.29, 0.717) is 0 Å². The first-order valence-electron chi connectivity index (χ1n) is 27.6. The van der Waals surface area contributed by atoms with Crippen molar-refractivity contribution in [1.82, 2.24) is 0 Å². The monoisotopic (exact) mass is 990 g/mol. The molecule has 4 heterocycles. The highest BCUT2D eigenvalue weighted by Gasteiger charge is 2.58. The van der Waals surface area contributed by atoms with Gasteiger partial charge in [-0.2, -0.15) is 0 Å². The lowest BCUT2D eigenvalue weighted by molar-refractivity contribution is 0.195. The second-order valence-electron chi connectivity index (χ2n) is 27.5. The summed E-state index contributed by atoms with van der Waals surface area (Å²) in [5, 5.41) is 4.24. The van der Waals surface area contributed by atoms with Crippen LogP contribution in [0.15, 0.2) is 127 Å². The van der Waals surface area contributed by atoms with Gasteiger partial charge < -0.3 is 14.7 Å². The third-order valence-corrected chi connectivity index (χ3v) is 23.1. The standard InChI is InChI=1S/C67H72BN3SSi/c1-62(2)39-63(3,4)46-34-41(26-29-45(46)62)69-54-22-18-23-55-61(54)68(51-37-47-48(38-57(51)69)65(7,8)40-64(47,5)6)50-30-27-42(35-56(50)70(55)53-21-19-25-59-60(53)44-20-14-15-24-58(44)72-59)71-52-31-28-43(73(11,12)13)36-49(52)66(9)32-16-17-33-67(66,71)10/h14-15,18-31,34-38H,16-17,32-33,39-40H2,1-13H3. The van der Waals surface area contributed by atoms with Crippen LogP contribution in [0.2, 0.25) is 19.6 Å². The molecule has 0 radical (unpaired) electrons. The van der Waals surface area contributed by atoms with Gasteiger partial charge in [-0.25, -0.2) is 0 Å². The SMILES string of the molecule is CC1(C)CC(C)(C)c2cc(N3c4cc5c(cc4B4c6ccc(N7c8ccc([Si](C)(C)C)cc8C8(C)CCCCC78C)cc6N(c6cccc7sc8ccccc8c67)c6cccc3c64)C(C)(C)CC5(C)C)ccc21.